The summed E-state index contributed by atoms with van der Waals surface area (Å²) in [6.07, 6.45) is 0.127. The summed E-state index contributed by atoms with van der Waals surface area (Å²) in [5.74, 6) is 0. The SMILES string of the molecule is C[C@@]1(CCNC(=O)OCc2ccccc2)O[C@@H]1CO. The first-order valence-corrected chi connectivity index (χ1v) is 6.37. The van der Waals surface area contributed by atoms with Crippen molar-refractivity contribution in [1.82, 2.24) is 5.32 Å². The van der Waals surface area contributed by atoms with Crippen LogP contribution in [0.2, 0.25) is 0 Å². The van der Waals surface area contributed by atoms with Crippen LogP contribution in [0.15, 0.2) is 30.3 Å². The van der Waals surface area contributed by atoms with E-state index in [4.69, 9.17) is 14.6 Å². The molecule has 104 valence electrons. The largest absolute Gasteiger partial charge is 0.445 e. The van der Waals surface area contributed by atoms with Gasteiger partial charge in [0.25, 0.3) is 0 Å². The molecule has 1 amide bonds. The Balaban J connectivity index is 1.60. The van der Waals surface area contributed by atoms with E-state index in [1.165, 1.54) is 0 Å². The molecule has 1 saturated heterocycles. The summed E-state index contributed by atoms with van der Waals surface area (Å²) in [7, 11) is 0. The topological polar surface area (TPSA) is 71.1 Å². The van der Waals surface area contributed by atoms with E-state index in [0.29, 0.717) is 13.0 Å². The molecule has 2 atom stereocenters. The number of carbonyl (C=O) groups is 1. The summed E-state index contributed by atoms with van der Waals surface area (Å²) in [5, 5.41) is 11.6. The summed E-state index contributed by atoms with van der Waals surface area (Å²) in [6, 6.07) is 9.52. The number of nitrogens with one attached hydrogen (secondary N) is 1. The Hall–Kier alpha value is -1.59. The number of hydrogen-bond donors (Lipinski definition) is 2. The van der Waals surface area contributed by atoms with Crippen LogP contribution in [0, 0.1) is 0 Å². The molecule has 0 saturated carbocycles. The Morgan fingerprint density at radius 3 is 2.84 bits per heavy atom. The number of hydrogen-bond acceptors (Lipinski definition) is 4. The van der Waals surface area contributed by atoms with Gasteiger partial charge in [0.15, 0.2) is 0 Å². The normalized spacial score (nSPS) is 24.8. The minimum absolute atomic E-state index is 0.0228. The van der Waals surface area contributed by atoms with Crippen LogP contribution in [0.1, 0.15) is 18.9 Å². The third-order valence-electron chi connectivity index (χ3n) is 3.30. The molecule has 5 heteroatoms. The number of amides is 1. The summed E-state index contributed by atoms with van der Waals surface area (Å²) in [6.45, 7) is 2.68. The minimum atomic E-state index is -0.436. The van der Waals surface area contributed by atoms with Gasteiger partial charge in [0.1, 0.15) is 12.7 Å². The first-order chi connectivity index (χ1) is 9.14. The van der Waals surface area contributed by atoms with Gasteiger partial charge in [-0.3, -0.25) is 0 Å². The maximum Gasteiger partial charge on any atom is 0.407 e. The molecule has 0 aromatic heterocycles. The van der Waals surface area contributed by atoms with E-state index in [0.717, 1.165) is 5.56 Å². The van der Waals surface area contributed by atoms with Crippen LogP contribution in [0.5, 0.6) is 0 Å². The lowest BCUT2D eigenvalue weighted by Gasteiger charge is -2.09. The van der Waals surface area contributed by atoms with E-state index in [1.807, 2.05) is 37.3 Å². The van der Waals surface area contributed by atoms with E-state index >= 15 is 0 Å². The zero-order valence-electron chi connectivity index (χ0n) is 11.0. The van der Waals surface area contributed by atoms with Gasteiger partial charge in [-0.05, 0) is 18.9 Å². The molecule has 0 bridgehead atoms. The van der Waals surface area contributed by atoms with Crippen LogP contribution in [-0.4, -0.2) is 36.1 Å². The standard InChI is InChI=1S/C14H19NO4/c1-14(12(9-16)19-14)7-8-15-13(17)18-10-11-5-3-2-4-6-11/h2-6,12,16H,7-10H2,1H3,(H,15,17)/t12-,14+/m1/s1. The van der Waals surface area contributed by atoms with Gasteiger partial charge in [0, 0.05) is 6.54 Å². The number of aliphatic hydroxyl groups excluding tert-OH is 1. The predicted octanol–water partition coefficient (Wildman–Crippen LogP) is 1.45. The second-order valence-corrected chi connectivity index (χ2v) is 4.84. The zero-order valence-corrected chi connectivity index (χ0v) is 11.0. The monoisotopic (exact) mass is 265 g/mol. The van der Waals surface area contributed by atoms with Crippen LogP contribution in [0.4, 0.5) is 4.79 Å². The van der Waals surface area contributed by atoms with Crippen molar-refractivity contribution in [3.05, 3.63) is 35.9 Å². The molecule has 1 fully saturated rings. The molecule has 1 heterocycles. The number of epoxide rings is 1. The maximum atomic E-state index is 11.5. The van der Waals surface area contributed by atoms with Crippen molar-refractivity contribution in [1.29, 1.82) is 0 Å². The highest BCUT2D eigenvalue weighted by molar-refractivity contribution is 5.67. The van der Waals surface area contributed by atoms with Gasteiger partial charge in [-0.25, -0.2) is 4.79 Å². The molecule has 2 rings (SSSR count). The molecule has 1 aliphatic rings. The van der Waals surface area contributed by atoms with Crippen molar-refractivity contribution in [3.8, 4) is 0 Å². The molecule has 0 spiro atoms. The number of carbonyl (C=O) groups excluding carboxylic acids is 1. The van der Waals surface area contributed by atoms with Gasteiger partial charge in [0.2, 0.25) is 0 Å². The quantitative estimate of drug-likeness (QED) is 0.764. The van der Waals surface area contributed by atoms with E-state index in [9.17, 15) is 4.79 Å². The Morgan fingerprint density at radius 1 is 1.47 bits per heavy atom. The second kappa shape index (κ2) is 6.04. The third kappa shape index (κ3) is 3.94. The Morgan fingerprint density at radius 2 is 2.21 bits per heavy atom. The lowest BCUT2D eigenvalue weighted by molar-refractivity contribution is 0.138. The highest BCUT2D eigenvalue weighted by atomic mass is 16.6. The first-order valence-electron chi connectivity index (χ1n) is 6.37. The highest BCUT2D eigenvalue weighted by Crippen LogP contribution is 2.38. The molecule has 1 aromatic carbocycles. The van der Waals surface area contributed by atoms with Gasteiger partial charge in [-0.1, -0.05) is 30.3 Å². The fraction of sp³-hybridized carbons (Fsp3) is 0.500. The molecule has 0 radical (unpaired) electrons. The highest BCUT2D eigenvalue weighted by Gasteiger charge is 2.51. The smallest absolute Gasteiger partial charge is 0.407 e. The van der Waals surface area contributed by atoms with E-state index in [-0.39, 0.29) is 24.9 Å². The molecular formula is C14H19NO4. The van der Waals surface area contributed by atoms with E-state index in [2.05, 4.69) is 5.32 Å². The average molecular weight is 265 g/mol. The van der Waals surface area contributed by atoms with E-state index < -0.39 is 6.09 Å². The molecule has 19 heavy (non-hydrogen) atoms. The molecular weight excluding hydrogens is 246 g/mol. The summed E-state index contributed by atoms with van der Waals surface area (Å²) >= 11 is 0. The van der Waals surface area contributed by atoms with Crippen LogP contribution in [0.3, 0.4) is 0 Å². The van der Waals surface area contributed by atoms with Crippen molar-refractivity contribution in [3.63, 3.8) is 0 Å². The minimum Gasteiger partial charge on any atom is -0.445 e. The van der Waals surface area contributed by atoms with Crippen molar-refractivity contribution in [2.75, 3.05) is 13.2 Å². The molecule has 0 unspecified atom stereocenters. The molecule has 0 aliphatic carbocycles. The van der Waals surface area contributed by atoms with Gasteiger partial charge < -0.3 is 19.9 Å². The Kier molecular flexibility index (Phi) is 4.39. The number of alkyl carbamates (subject to hydrolysis) is 1. The Labute approximate surface area is 112 Å². The fourth-order valence-corrected chi connectivity index (χ4v) is 1.93. The van der Waals surface area contributed by atoms with E-state index in [1.54, 1.807) is 0 Å². The molecule has 1 aliphatic heterocycles. The van der Waals surface area contributed by atoms with Crippen molar-refractivity contribution < 1.29 is 19.4 Å². The number of rotatable bonds is 6. The predicted molar refractivity (Wildman–Crippen MR) is 69.6 cm³/mol. The lowest BCUT2D eigenvalue weighted by Crippen LogP contribution is -2.28. The second-order valence-electron chi connectivity index (χ2n) is 4.84. The maximum absolute atomic E-state index is 11.5. The molecule has 5 nitrogen and oxygen atoms in total. The molecule has 2 N–H and O–H groups in total. The summed E-state index contributed by atoms with van der Waals surface area (Å²) < 4.78 is 10.4. The van der Waals surface area contributed by atoms with Crippen LogP contribution >= 0.6 is 0 Å². The van der Waals surface area contributed by atoms with Crippen LogP contribution in [-0.2, 0) is 16.1 Å². The van der Waals surface area contributed by atoms with Crippen molar-refractivity contribution in [2.24, 2.45) is 0 Å². The Bertz CT molecular complexity index is 423. The van der Waals surface area contributed by atoms with Crippen molar-refractivity contribution in [2.45, 2.75) is 31.7 Å². The van der Waals surface area contributed by atoms with Crippen LogP contribution < -0.4 is 5.32 Å². The van der Waals surface area contributed by atoms with Gasteiger partial charge in [0.05, 0.1) is 12.2 Å². The van der Waals surface area contributed by atoms with Gasteiger partial charge >= 0.3 is 6.09 Å². The van der Waals surface area contributed by atoms with Crippen LogP contribution in [0.25, 0.3) is 0 Å². The molecule has 1 aromatic rings. The number of aliphatic hydroxyl groups is 1. The number of benzene rings is 1. The average Bonchev–Trinajstić information content (AvgIpc) is 3.09. The lowest BCUT2D eigenvalue weighted by atomic mass is 10.0. The summed E-state index contributed by atoms with van der Waals surface area (Å²) in [4.78, 5) is 11.5. The zero-order chi connectivity index (χ0) is 13.7. The van der Waals surface area contributed by atoms with Crippen molar-refractivity contribution >= 4 is 6.09 Å². The third-order valence-corrected chi connectivity index (χ3v) is 3.30. The number of ether oxygens (including phenoxy) is 2. The first kappa shape index (κ1) is 13.8. The van der Waals surface area contributed by atoms with Gasteiger partial charge in [-0.2, -0.15) is 0 Å². The fourth-order valence-electron chi connectivity index (χ4n) is 1.93. The van der Waals surface area contributed by atoms with Gasteiger partial charge in [-0.15, -0.1) is 0 Å². The summed E-state index contributed by atoms with van der Waals surface area (Å²) in [5.41, 5.74) is 0.650.